The summed E-state index contributed by atoms with van der Waals surface area (Å²) in [4.78, 5) is 12.6. The Bertz CT molecular complexity index is 482. The monoisotopic (exact) mass is 302 g/mol. The molecule has 0 amide bonds. The summed E-state index contributed by atoms with van der Waals surface area (Å²) in [6.45, 7) is 9.81. The lowest BCUT2D eigenvalue weighted by Crippen LogP contribution is -2.55. The third-order valence-corrected chi connectivity index (χ3v) is 9.21. The van der Waals surface area contributed by atoms with Gasteiger partial charge in [0.05, 0.1) is 0 Å². The number of hydrogen-bond donors (Lipinski definition) is 0. The van der Waals surface area contributed by atoms with Crippen molar-refractivity contribution in [2.45, 2.75) is 79.1 Å². The fraction of sp³-hybridized carbons (Fsp3) is 0.952. The summed E-state index contributed by atoms with van der Waals surface area (Å²) in [5.74, 6) is 5.54. The zero-order valence-electron chi connectivity index (χ0n) is 15.0. The Morgan fingerprint density at radius 3 is 2.50 bits per heavy atom. The Balaban J connectivity index is 1.68. The molecule has 1 heteroatoms. The Labute approximate surface area is 136 Å². The molecule has 0 N–H and O–H groups in total. The van der Waals surface area contributed by atoms with Gasteiger partial charge in [0, 0.05) is 11.8 Å². The Kier molecular flexibility index (Phi) is 3.34. The molecule has 0 radical (unpaired) electrons. The van der Waals surface area contributed by atoms with Crippen LogP contribution in [0.4, 0.5) is 0 Å². The van der Waals surface area contributed by atoms with Gasteiger partial charge in [-0.15, -0.1) is 0 Å². The van der Waals surface area contributed by atoms with Crippen LogP contribution in [0, 0.1) is 46.3 Å². The molecule has 3 unspecified atom stereocenters. The van der Waals surface area contributed by atoms with E-state index in [0.29, 0.717) is 23.0 Å². The van der Waals surface area contributed by atoms with E-state index in [2.05, 4.69) is 27.7 Å². The molecule has 4 aliphatic carbocycles. The second-order valence-corrected chi connectivity index (χ2v) is 9.92. The molecule has 0 heterocycles. The van der Waals surface area contributed by atoms with Crippen LogP contribution in [0.1, 0.15) is 79.1 Å². The molecular formula is C21H34O. The van der Waals surface area contributed by atoms with Crippen LogP contribution < -0.4 is 0 Å². The number of carbonyl (C=O) groups is 1. The number of rotatable bonds is 0. The second-order valence-electron chi connectivity index (χ2n) is 9.92. The molecule has 0 spiro atoms. The summed E-state index contributed by atoms with van der Waals surface area (Å²) in [7, 11) is 0. The molecule has 124 valence electrons. The molecule has 0 aromatic rings. The predicted molar refractivity (Wildman–Crippen MR) is 90.4 cm³/mol. The smallest absolute Gasteiger partial charge is 0.139 e. The molecule has 1 nitrogen and oxygen atoms in total. The van der Waals surface area contributed by atoms with Gasteiger partial charge >= 0.3 is 0 Å². The van der Waals surface area contributed by atoms with E-state index >= 15 is 0 Å². The first kappa shape index (κ1) is 15.2. The van der Waals surface area contributed by atoms with Crippen molar-refractivity contribution in [3.63, 3.8) is 0 Å². The van der Waals surface area contributed by atoms with E-state index in [4.69, 9.17) is 0 Å². The molecule has 4 fully saturated rings. The minimum Gasteiger partial charge on any atom is -0.299 e. The van der Waals surface area contributed by atoms with Gasteiger partial charge in [-0.2, -0.15) is 0 Å². The van der Waals surface area contributed by atoms with Crippen molar-refractivity contribution in [3.05, 3.63) is 0 Å². The van der Waals surface area contributed by atoms with Crippen molar-refractivity contribution >= 4 is 5.78 Å². The summed E-state index contributed by atoms with van der Waals surface area (Å²) in [5, 5.41) is 0. The molecule has 0 aliphatic heterocycles. The standard InChI is InChI=1S/C21H34O/c1-13-9-10-20(3)15(11-13)5-6-16-17-7-8-19(22)21(17,4)14(2)12-18(16)20/h13-18H,5-12H2,1-4H3/t13-,14+,15-,16?,17?,18?,20+,21+/m1/s1. The zero-order chi connectivity index (χ0) is 15.7. The van der Waals surface area contributed by atoms with Crippen LogP contribution in [0.5, 0.6) is 0 Å². The van der Waals surface area contributed by atoms with Crippen LogP contribution in [0.2, 0.25) is 0 Å². The van der Waals surface area contributed by atoms with E-state index in [1.165, 1.54) is 44.9 Å². The quantitative estimate of drug-likeness (QED) is 0.579. The summed E-state index contributed by atoms with van der Waals surface area (Å²) in [6.07, 6.45) is 10.6. The first-order valence-corrected chi connectivity index (χ1v) is 9.90. The number of hydrogen-bond acceptors (Lipinski definition) is 1. The van der Waals surface area contributed by atoms with E-state index in [1.807, 2.05) is 0 Å². The highest BCUT2D eigenvalue weighted by Crippen LogP contribution is 2.67. The Morgan fingerprint density at radius 1 is 0.955 bits per heavy atom. The number of fused-ring (bicyclic) bond motifs is 5. The first-order valence-electron chi connectivity index (χ1n) is 9.90. The van der Waals surface area contributed by atoms with Crippen molar-refractivity contribution in [3.8, 4) is 0 Å². The van der Waals surface area contributed by atoms with E-state index in [-0.39, 0.29) is 5.41 Å². The largest absolute Gasteiger partial charge is 0.299 e. The highest BCUT2D eigenvalue weighted by Gasteiger charge is 2.62. The van der Waals surface area contributed by atoms with Crippen molar-refractivity contribution in [2.75, 3.05) is 0 Å². The highest BCUT2D eigenvalue weighted by molar-refractivity contribution is 5.87. The minimum absolute atomic E-state index is 0.0202. The normalized spacial score (nSPS) is 57.9. The molecule has 4 aliphatic rings. The third kappa shape index (κ3) is 1.80. The van der Waals surface area contributed by atoms with E-state index in [9.17, 15) is 4.79 Å². The summed E-state index contributed by atoms with van der Waals surface area (Å²) >= 11 is 0. The van der Waals surface area contributed by atoms with Gasteiger partial charge in [0.25, 0.3) is 0 Å². The summed E-state index contributed by atoms with van der Waals surface area (Å²) < 4.78 is 0. The minimum atomic E-state index is 0.0202. The summed E-state index contributed by atoms with van der Waals surface area (Å²) in [6, 6.07) is 0. The SMILES string of the molecule is C[C@@H]1CC[C@]2(C)C3C[C@H](C)[C@]4(C)C(=O)CCC4C3CC[C@@H]2C1. The number of carbonyl (C=O) groups excluding carboxylic acids is 1. The first-order chi connectivity index (χ1) is 10.4. The second kappa shape index (κ2) is 4.84. The van der Waals surface area contributed by atoms with Crippen LogP contribution in [0.15, 0.2) is 0 Å². The third-order valence-electron chi connectivity index (χ3n) is 9.21. The Morgan fingerprint density at radius 2 is 1.73 bits per heavy atom. The molecular weight excluding hydrogens is 268 g/mol. The van der Waals surface area contributed by atoms with Gasteiger partial charge in [-0.25, -0.2) is 0 Å². The molecule has 0 saturated heterocycles. The average Bonchev–Trinajstić information content (AvgIpc) is 2.79. The topological polar surface area (TPSA) is 17.1 Å². The molecule has 0 aromatic heterocycles. The van der Waals surface area contributed by atoms with Crippen LogP contribution in [0.3, 0.4) is 0 Å². The molecule has 4 rings (SSSR count). The maximum absolute atomic E-state index is 12.6. The fourth-order valence-electron chi connectivity index (χ4n) is 7.57. The van der Waals surface area contributed by atoms with Crippen molar-refractivity contribution in [1.82, 2.24) is 0 Å². The molecule has 8 atom stereocenters. The lowest BCUT2D eigenvalue weighted by molar-refractivity contribution is -0.150. The lowest BCUT2D eigenvalue weighted by atomic mass is 9.43. The van der Waals surface area contributed by atoms with Gasteiger partial charge in [-0.1, -0.05) is 34.1 Å². The van der Waals surface area contributed by atoms with E-state index < -0.39 is 0 Å². The highest BCUT2D eigenvalue weighted by atomic mass is 16.1. The van der Waals surface area contributed by atoms with Crippen LogP contribution in [-0.4, -0.2) is 5.78 Å². The van der Waals surface area contributed by atoms with Gasteiger partial charge in [0.2, 0.25) is 0 Å². The van der Waals surface area contributed by atoms with E-state index in [0.717, 1.165) is 30.1 Å². The van der Waals surface area contributed by atoms with Gasteiger partial charge < -0.3 is 0 Å². The fourth-order valence-corrected chi connectivity index (χ4v) is 7.57. The molecule has 0 bridgehead atoms. The number of Topliss-reactive ketones (excluding diaryl/α,β-unsaturated/α-hetero) is 1. The van der Waals surface area contributed by atoms with Gasteiger partial charge in [-0.3, -0.25) is 4.79 Å². The summed E-state index contributed by atoms with van der Waals surface area (Å²) in [5.41, 5.74) is 0.600. The van der Waals surface area contributed by atoms with Crippen LogP contribution >= 0.6 is 0 Å². The molecule has 4 saturated carbocycles. The molecule has 22 heavy (non-hydrogen) atoms. The van der Waals surface area contributed by atoms with Gasteiger partial charge in [0.15, 0.2) is 0 Å². The Hall–Kier alpha value is -0.330. The van der Waals surface area contributed by atoms with Crippen LogP contribution in [-0.2, 0) is 4.79 Å². The maximum Gasteiger partial charge on any atom is 0.139 e. The van der Waals surface area contributed by atoms with Crippen molar-refractivity contribution in [2.24, 2.45) is 46.3 Å². The molecule has 0 aromatic carbocycles. The van der Waals surface area contributed by atoms with Crippen molar-refractivity contribution < 1.29 is 4.79 Å². The van der Waals surface area contributed by atoms with Gasteiger partial charge in [0.1, 0.15) is 5.78 Å². The van der Waals surface area contributed by atoms with Gasteiger partial charge in [-0.05, 0) is 79.4 Å². The van der Waals surface area contributed by atoms with Crippen molar-refractivity contribution in [1.29, 1.82) is 0 Å². The number of ketones is 1. The zero-order valence-corrected chi connectivity index (χ0v) is 15.0. The maximum atomic E-state index is 12.6. The lowest BCUT2D eigenvalue weighted by Gasteiger charge is -2.61. The predicted octanol–water partition coefficient (Wildman–Crippen LogP) is 5.48. The average molecular weight is 303 g/mol. The van der Waals surface area contributed by atoms with E-state index in [1.54, 1.807) is 0 Å². The van der Waals surface area contributed by atoms with Crippen LogP contribution in [0.25, 0.3) is 0 Å².